The van der Waals surface area contributed by atoms with Gasteiger partial charge in [-0.2, -0.15) is 0 Å². The van der Waals surface area contributed by atoms with Crippen molar-refractivity contribution in [2.75, 3.05) is 5.32 Å². The lowest BCUT2D eigenvalue weighted by Crippen LogP contribution is -2.00. The lowest BCUT2D eigenvalue weighted by molar-refractivity contribution is 0.507. The first-order valence-corrected chi connectivity index (χ1v) is 5.63. The molecule has 0 bridgehead atoms. The van der Waals surface area contributed by atoms with E-state index in [1.54, 1.807) is 6.07 Å². The SMILES string of the molecule is Cc1csc(NCc2ccc(F)c(F)c2)n1. The highest BCUT2D eigenvalue weighted by molar-refractivity contribution is 7.13. The van der Waals surface area contributed by atoms with Gasteiger partial charge in [-0.3, -0.25) is 0 Å². The van der Waals surface area contributed by atoms with Crippen molar-refractivity contribution in [1.82, 2.24) is 4.98 Å². The van der Waals surface area contributed by atoms with Gasteiger partial charge in [-0.1, -0.05) is 6.07 Å². The highest BCUT2D eigenvalue weighted by Gasteiger charge is 2.03. The molecule has 2 rings (SSSR count). The van der Waals surface area contributed by atoms with Crippen LogP contribution in [-0.2, 0) is 6.54 Å². The Morgan fingerprint density at radius 3 is 2.75 bits per heavy atom. The van der Waals surface area contributed by atoms with Gasteiger partial charge in [0.05, 0.1) is 5.69 Å². The van der Waals surface area contributed by atoms with Gasteiger partial charge < -0.3 is 5.32 Å². The number of halogens is 2. The Balaban J connectivity index is 2.02. The van der Waals surface area contributed by atoms with Crippen molar-refractivity contribution in [2.45, 2.75) is 13.5 Å². The number of nitrogens with one attached hydrogen (secondary N) is 1. The van der Waals surface area contributed by atoms with E-state index >= 15 is 0 Å². The minimum atomic E-state index is -0.825. The number of aromatic nitrogens is 1. The van der Waals surface area contributed by atoms with Gasteiger partial charge in [0.25, 0.3) is 0 Å². The Kier molecular flexibility index (Phi) is 3.14. The Morgan fingerprint density at radius 1 is 1.31 bits per heavy atom. The van der Waals surface area contributed by atoms with Crippen molar-refractivity contribution < 1.29 is 8.78 Å². The average molecular weight is 240 g/mol. The topological polar surface area (TPSA) is 24.9 Å². The van der Waals surface area contributed by atoms with Crippen LogP contribution >= 0.6 is 11.3 Å². The maximum atomic E-state index is 12.9. The summed E-state index contributed by atoms with van der Waals surface area (Å²) in [6.45, 7) is 2.34. The number of thiazole rings is 1. The number of anilines is 1. The first-order chi connectivity index (χ1) is 7.65. The van der Waals surface area contributed by atoms with E-state index in [4.69, 9.17) is 0 Å². The molecule has 0 saturated heterocycles. The van der Waals surface area contributed by atoms with Gasteiger partial charge in [0.1, 0.15) is 0 Å². The molecule has 84 valence electrons. The molecule has 1 heterocycles. The van der Waals surface area contributed by atoms with E-state index in [2.05, 4.69) is 10.3 Å². The van der Waals surface area contributed by atoms with Gasteiger partial charge in [0.2, 0.25) is 0 Å². The molecule has 0 amide bonds. The minimum absolute atomic E-state index is 0.435. The summed E-state index contributed by atoms with van der Waals surface area (Å²) in [5, 5.41) is 5.75. The maximum absolute atomic E-state index is 12.9. The molecule has 1 N–H and O–H groups in total. The number of hydrogen-bond donors (Lipinski definition) is 1. The second kappa shape index (κ2) is 4.57. The zero-order chi connectivity index (χ0) is 11.5. The van der Waals surface area contributed by atoms with Crippen LogP contribution in [0.25, 0.3) is 0 Å². The molecule has 0 spiro atoms. The number of benzene rings is 1. The third-order valence-electron chi connectivity index (χ3n) is 2.05. The summed E-state index contributed by atoms with van der Waals surface area (Å²) in [7, 11) is 0. The summed E-state index contributed by atoms with van der Waals surface area (Å²) in [5.74, 6) is -1.65. The maximum Gasteiger partial charge on any atom is 0.183 e. The van der Waals surface area contributed by atoms with E-state index < -0.39 is 11.6 Å². The molecular formula is C11H10F2N2S. The van der Waals surface area contributed by atoms with E-state index in [1.165, 1.54) is 17.4 Å². The van der Waals surface area contributed by atoms with Crippen LogP contribution in [0.4, 0.5) is 13.9 Å². The Labute approximate surface area is 96.0 Å². The van der Waals surface area contributed by atoms with E-state index in [9.17, 15) is 8.78 Å². The molecule has 0 fully saturated rings. The van der Waals surface area contributed by atoms with Crippen molar-refractivity contribution >= 4 is 16.5 Å². The monoisotopic (exact) mass is 240 g/mol. The van der Waals surface area contributed by atoms with Gasteiger partial charge in [-0.25, -0.2) is 13.8 Å². The third-order valence-corrected chi connectivity index (χ3v) is 2.96. The van der Waals surface area contributed by atoms with Gasteiger partial charge in [0, 0.05) is 11.9 Å². The Bertz CT molecular complexity index is 496. The van der Waals surface area contributed by atoms with Gasteiger partial charge in [-0.15, -0.1) is 11.3 Å². The fraction of sp³-hybridized carbons (Fsp3) is 0.182. The second-order valence-corrected chi connectivity index (χ2v) is 4.25. The summed E-state index contributed by atoms with van der Waals surface area (Å²) in [4.78, 5) is 4.21. The van der Waals surface area contributed by atoms with Crippen molar-refractivity contribution in [2.24, 2.45) is 0 Å². The highest BCUT2D eigenvalue weighted by Crippen LogP contribution is 2.16. The first-order valence-electron chi connectivity index (χ1n) is 4.75. The predicted molar refractivity (Wildman–Crippen MR) is 60.5 cm³/mol. The van der Waals surface area contributed by atoms with Crippen LogP contribution in [0.15, 0.2) is 23.6 Å². The standard InChI is InChI=1S/C11H10F2N2S/c1-7-6-16-11(15-7)14-5-8-2-3-9(12)10(13)4-8/h2-4,6H,5H2,1H3,(H,14,15). The predicted octanol–water partition coefficient (Wildman–Crippen LogP) is 3.34. The van der Waals surface area contributed by atoms with Crippen LogP contribution in [0.3, 0.4) is 0 Å². The quantitative estimate of drug-likeness (QED) is 0.890. The zero-order valence-corrected chi connectivity index (χ0v) is 9.44. The summed E-state index contributed by atoms with van der Waals surface area (Å²) < 4.78 is 25.6. The molecule has 0 aliphatic rings. The van der Waals surface area contributed by atoms with Crippen molar-refractivity contribution in [1.29, 1.82) is 0 Å². The van der Waals surface area contributed by atoms with Crippen LogP contribution in [0.2, 0.25) is 0 Å². The van der Waals surface area contributed by atoms with E-state index in [0.717, 1.165) is 16.9 Å². The van der Waals surface area contributed by atoms with Crippen LogP contribution in [0, 0.1) is 18.6 Å². The molecule has 2 nitrogen and oxygen atoms in total. The normalized spacial score (nSPS) is 10.4. The van der Waals surface area contributed by atoms with Crippen molar-refractivity contribution in [3.8, 4) is 0 Å². The van der Waals surface area contributed by atoms with Crippen molar-refractivity contribution in [3.63, 3.8) is 0 Å². The fourth-order valence-electron chi connectivity index (χ4n) is 1.26. The molecular weight excluding hydrogens is 230 g/mol. The molecule has 0 atom stereocenters. The lowest BCUT2D eigenvalue weighted by atomic mass is 10.2. The molecule has 0 aliphatic carbocycles. The molecule has 1 aromatic heterocycles. The largest absolute Gasteiger partial charge is 0.357 e. The third kappa shape index (κ3) is 2.55. The molecule has 0 radical (unpaired) electrons. The minimum Gasteiger partial charge on any atom is -0.357 e. The lowest BCUT2D eigenvalue weighted by Gasteiger charge is -2.03. The number of hydrogen-bond acceptors (Lipinski definition) is 3. The molecule has 2 aromatic rings. The smallest absolute Gasteiger partial charge is 0.183 e. The molecule has 0 aliphatic heterocycles. The fourth-order valence-corrected chi connectivity index (χ4v) is 1.95. The number of nitrogens with zero attached hydrogens (tertiary/aromatic N) is 1. The Morgan fingerprint density at radius 2 is 2.12 bits per heavy atom. The van der Waals surface area contributed by atoms with Crippen LogP contribution < -0.4 is 5.32 Å². The molecule has 0 saturated carbocycles. The van der Waals surface area contributed by atoms with Crippen LogP contribution in [-0.4, -0.2) is 4.98 Å². The van der Waals surface area contributed by atoms with E-state index in [1.807, 2.05) is 12.3 Å². The summed E-state index contributed by atoms with van der Waals surface area (Å²) >= 11 is 1.49. The highest BCUT2D eigenvalue weighted by atomic mass is 32.1. The van der Waals surface area contributed by atoms with E-state index in [0.29, 0.717) is 12.1 Å². The molecule has 1 aromatic carbocycles. The Hall–Kier alpha value is -1.49. The van der Waals surface area contributed by atoms with Gasteiger partial charge in [-0.05, 0) is 24.6 Å². The molecule has 16 heavy (non-hydrogen) atoms. The summed E-state index contributed by atoms with van der Waals surface area (Å²) in [6, 6.07) is 3.86. The summed E-state index contributed by atoms with van der Waals surface area (Å²) in [5.41, 5.74) is 1.63. The zero-order valence-electron chi connectivity index (χ0n) is 8.63. The van der Waals surface area contributed by atoms with Gasteiger partial charge in [0.15, 0.2) is 16.8 Å². The molecule has 0 unspecified atom stereocenters. The number of rotatable bonds is 3. The van der Waals surface area contributed by atoms with Gasteiger partial charge >= 0.3 is 0 Å². The summed E-state index contributed by atoms with van der Waals surface area (Å²) in [6.07, 6.45) is 0. The van der Waals surface area contributed by atoms with E-state index in [-0.39, 0.29) is 0 Å². The first kappa shape index (κ1) is 11.0. The molecule has 5 heteroatoms. The average Bonchev–Trinajstić information content (AvgIpc) is 2.66. The van der Waals surface area contributed by atoms with Crippen molar-refractivity contribution in [3.05, 3.63) is 46.5 Å². The van der Waals surface area contributed by atoms with Crippen LogP contribution in [0.1, 0.15) is 11.3 Å². The second-order valence-electron chi connectivity index (χ2n) is 3.40. The number of aryl methyl sites for hydroxylation is 1. The van der Waals surface area contributed by atoms with Crippen LogP contribution in [0.5, 0.6) is 0 Å².